The van der Waals surface area contributed by atoms with Gasteiger partial charge in [-0.3, -0.25) is 19.1 Å². The van der Waals surface area contributed by atoms with Crippen LogP contribution in [0.1, 0.15) is 27.8 Å². The number of hydrogen-bond acceptors (Lipinski definition) is 6. The van der Waals surface area contributed by atoms with Gasteiger partial charge in [0.25, 0.3) is 11.5 Å². The van der Waals surface area contributed by atoms with E-state index in [1.807, 2.05) is 36.4 Å². The summed E-state index contributed by atoms with van der Waals surface area (Å²) in [6.07, 6.45) is 2.41. The Kier molecular flexibility index (Phi) is 7.67. The Morgan fingerprint density at radius 2 is 1.81 bits per heavy atom. The maximum Gasteiger partial charge on any atom is 0.270 e. The van der Waals surface area contributed by atoms with Crippen LogP contribution in [-0.4, -0.2) is 26.2 Å². The van der Waals surface area contributed by atoms with Gasteiger partial charge in [0, 0.05) is 19.2 Å². The molecular weight excluding hydrogens is 495 g/mol. The zero-order valence-electron chi connectivity index (χ0n) is 19.7. The molecular formula is C27H23FN4O2S2. The molecule has 9 heteroatoms. The van der Waals surface area contributed by atoms with Gasteiger partial charge in [0.15, 0.2) is 0 Å². The van der Waals surface area contributed by atoms with E-state index in [-0.39, 0.29) is 23.8 Å². The average molecular weight is 519 g/mol. The van der Waals surface area contributed by atoms with E-state index in [1.165, 1.54) is 21.6 Å². The summed E-state index contributed by atoms with van der Waals surface area (Å²) in [5, 5.41) is 12.9. The normalized spacial score (nSPS) is 14.4. The molecule has 0 bridgehead atoms. The minimum absolute atomic E-state index is 0.0270. The van der Waals surface area contributed by atoms with Crippen LogP contribution in [0.5, 0.6) is 0 Å². The number of rotatable bonds is 7. The summed E-state index contributed by atoms with van der Waals surface area (Å²) in [6.45, 7) is 2.47. The molecule has 1 aromatic heterocycles. The maximum absolute atomic E-state index is 13.3. The van der Waals surface area contributed by atoms with Gasteiger partial charge >= 0.3 is 0 Å². The van der Waals surface area contributed by atoms with Gasteiger partial charge in [-0.05, 0) is 48.2 Å². The molecule has 1 saturated heterocycles. The molecule has 0 radical (unpaired) electrons. The average Bonchev–Trinajstić information content (AvgIpc) is 3.14. The number of nitriles is 1. The molecule has 1 aliphatic rings. The predicted octanol–water partition coefficient (Wildman–Crippen LogP) is 4.76. The number of amides is 1. The van der Waals surface area contributed by atoms with E-state index in [9.17, 15) is 19.2 Å². The lowest BCUT2D eigenvalue weighted by Gasteiger charge is -2.18. The number of thiocarbonyl (C=S) groups is 1. The number of thioether (sulfide) groups is 1. The minimum Gasteiger partial charge on any atom is -0.371 e. The van der Waals surface area contributed by atoms with Crippen molar-refractivity contribution in [1.29, 1.82) is 5.26 Å². The standard InChI is InChI=1S/C27H23FN4O2S2/c1-17-21(14-23-26(34)32(27(35)36-23)16-19-8-10-20(28)11-9-19)24(31(2)25(33)22(17)15-29)30-13-12-18-6-4-3-5-7-18/h3-11,14,30H,12-13,16H2,1-2H3/b23-14+. The van der Waals surface area contributed by atoms with Crippen LogP contribution in [0.2, 0.25) is 0 Å². The molecule has 1 fully saturated rings. The highest BCUT2D eigenvalue weighted by molar-refractivity contribution is 8.26. The van der Waals surface area contributed by atoms with E-state index >= 15 is 0 Å². The molecule has 2 aromatic carbocycles. The summed E-state index contributed by atoms with van der Waals surface area (Å²) in [7, 11) is 1.60. The lowest BCUT2D eigenvalue weighted by atomic mass is 10.0. The van der Waals surface area contributed by atoms with Crippen molar-refractivity contribution in [1.82, 2.24) is 9.47 Å². The number of carbonyl (C=O) groups is 1. The third-order valence-corrected chi connectivity index (χ3v) is 7.33. The molecule has 0 aliphatic carbocycles. The summed E-state index contributed by atoms with van der Waals surface area (Å²) < 4.78 is 15.1. The van der Waals surface area contributed by atoms with E-state index in [2.05, 4.69) is 5.32 Å². The molecule has 1 N–H and O–H groups in total. The first kappa shape index (κ1) is 25.4. The number of pyridine rings is 1. The summed E-state index contributed by atoms with van der Waals surface area (Å²) in [4.78, 5) is 27.9. The number of aromatic nitrogens is 1. The van der Waals surface area contributed by atoms with Crippen molar-refractivity contribution in [3.63, 3.8) is 0 Å². The number of nitrogens with zero attached hydrogens (tertiary/aromatic N) is 3. The largest absolute Gasteiger partial charge is 0.371 e. The SMILES string of the molecule is Cc1c(/C=C2/SC(=S)N(Cc3ccc(F)cc3)C2=O)c(NCCc2ccccc2)n(C)c(=O)c1C#N. The monoisotopic (exact) mass is 518 g/mol. The quantitative estimate of drug-likeness (QED) is 0.359. The van der Waals surface area contributed by atoms with Crippen molar-refractivity contribution in [2.45, 2.75) is 19.9 Å². The number of halogens is 1. The summed E-state index contributed by atoms with van der Waals surface area (Å²) in [5.74, 6) is -0.109. The second-order valence-electron chi connectivity index (χ2n) is 8.29. The molecule has 0 spiro atoms. The number of hydrogen-bond donors (Lipinski definition) is 1. The number of anilines is 1. The fraction of sp³-hybridized carbons (Fsp3) is 0.185. The van der Waals surface area contributed by atoms with Crippen molar-refractivity contribution in [3.8, 4) is 6.07 Å². The van der Waals surface area contributed by atoms with Crippen molar-refractivity contribution < 1.29 is 9.18 Å². The van der Waals surface area contributed by atoms with Gasteiger partial charge in [0.2, 0.25) is 0 Å². The Morgan fingerprint density at radius 3 is 2.47 bits per heavy atom. The zero-order valence-corrected chi connectivity index (χ0v) is 21.4. The zero-order chi connectivity index (χ0) is 25.8. The van der Waals surface area contributed by atoms with E-state index in [4.69, 9.17) is 12.2 Å². The molecule has 4 rings (SSSR count). The molecule has 6 nitrogen and oxygen atoms in total. The van der Waals surface area contributed by atoms with Gasteiger partial charge in [-0.15, -0.1) is 0 Å². The van der Waals surface area contributed by atoms with Crippen molar-refractivity contribution in [3.05, 3.63) is 103 Å². The Morgan fingerprint density at radius 1 is 1.11 bits per heavy atom. The lowest BCUT2D eigenvalue weighted by molar-refractivity contribution is -0.122. The second kappa shape index (κ2) is 10.9. The molecule has 182 valence electrons. The van der Waals surface area contributed by atoms with Gasteiger partial charge in [-0.2, -0.15) is 5.26 Å². The topological polar surface area (TPSA) is 78.1 Å². The van der Waals surface area contributed by atoms with Crippen LogP contribution in [-0.2, 0) is 24.8 Å². The van der Waals surface area contributed by atoms with Crippen LogP contribution < -0.4 is 10.9 Å². The molecule has 1 amide bonds. The van der Waals surface area contributed by atoms with E-state index in [0.717, 1.165) is 29.3 Å². The van der Waals surface area contributed by atoms with E-state index in [1.54, 1.807) is 32.2 Å². The van der Waals surface area contributed by atoms with Crippen LogP contribution in [0, 0.1) is 24.1 Å². The van der Waals surface area contributed by atoms with Crippen LogP contribution >= 0.6 is 24.0 Å². The van der Waals surface area contributed by atoms with Crippen LogP contribution in [0.25, 0.3) is 6.08 Å². The maximum atomic E-state index is 13.3. The van der Waals surface area contributed by atoms with E-state index in [0.29, 0.717) is 32.7 Å². The summed E-state index contributed by atoms with van der Waals surface area (Å²) >= 11 is 6.61. The van der Waals surface area contributed by atoms with Crippen molar-refractivity contribution in [2.75, 3.05) is 11.9 Å². The van der Waals surface area contributed by atoms with Gasteiger partial charge in [0.05, 0.1) is 11.4 Å². The third kappa shape index (κ3) is 5.25. The number of carbonyl (C=O) groups excluding carboxylic acids is 1. The molecule has 36 heavy (non-hydrogen) atoms. The van der Waals surface area contributed by atoms with Gasteiger partial charge in [0.1, 0.15) is 27.6 Å². The second-order valence-corrected chi connectivity index (χ2v) is 9.97. The summed E-state index contributed by atoms with van der Waals surface area (Å²) in [6, 6.07) is 17.8. The predicted molar refractivity (Wildman–Crippen MR) is 145 cm³/mol. The molecule has 0 atom stereocenters. The molecule has 0 saturated carbocycles. The highest BCUT2D eigenvalue weighted by atomic mass is 32.2. The minimum atomic E-state index is -0.404. The Hall–Kier alpha value is -3.74. The first-order chi connectivity index (χ1) is 17.3. The fourth-order valence-corrected chi connectivity index (χ4v) is 5.19. The van der Waals surface area contributed by atoms with E-state index < -0.39 is 5.56 Å². The van der Waals surface area contributed by atoms with Crippen LogP contribution in [0.3, 0.4) is 0 Å². The molecule has 2 heterocycles. The first-order valence-electron chi connectivity index (χ1n) is 11.2. The molecule has 0 unspecified atom stereocenters. The highest BCUT2D eigenvalue weighted by Gasteiger charge is 2.32. The van der Waals surface area contributed by atoms with Crippen LogP contribution in [0.15, 0.2) is 64.3 Å². The van der Waals surface area contributed by atoms with Crippen molar-refractivity contribution in [2.24, 2.45) is 7.05 Å². The van der Waals surface area contributed by atoms with Gasteiger partial charge in [-0.25, -0.2) is 4.39 Å². The fourth-order valence-electron chi connectivity index (χ4n) is 3.95. The number of benzene rings is 2. The first-order valence-corrected chi connectivity index (χ1v) is 12.4. The Labute approximate surface area is 218 Å². The van der Waals surface area contributed by atoms with Crippen molar-refractivity contribution >= 4 is 46.1 Å². The van der Waals surface area contributed by atoms with Crippen LogP contribution in [0.4, 0.5) is 10.2 Å². The van der Waals surface area contributed by atoms with Gasteiger partial charge < -0.3 is 5.32 Å². The number of nitrogens with one attached hydrogen (secondary N) is 1. The highest BCUT2D eigenvalue weighted by Crippen LogP contribution is 2.35. The Bertz CT molecular complexity index is 1460. The molecule has 3 aromatic rings. The summed E-state index contributed by atoms with van der Waals surface area (Å²) in [5.41, 5.74) is 2.60. The molecule has 1 aliphatic heterocycles. The third-order valence-electron chi connectivity index (χ3n) is 5.95. The smallest absolute Gasteiger partial charge is 0.270 e. The van der Waals surface area contributed by atoms with Gasteiger partial charge in [-0.1, -0.05) is 66.4 Å². The Balaban J connectivity index is 1.67. The lowest BCUT2D eigenvalue weighted by Crippen LogP contribution is -2.27.